The largest absolute Gasteiger partial charge is 0.497 e. The predicted octanol–water partition coefficient (Wildman–Crippen LogP) is 4.36. The van der Waals surface area contributed by atoms with E-state index in [4.69, 9.17) is 9.47 Å². The lowest BCUT2D eigenvalue weighted by Gasteiger charge is -2.07. The van der Waals surface area contributed by atoms with Crippen LogP contribution in [-0.2, 0) is 0 Å². The minimum Gasteiger partial charge on any atom is -0.497 e. The zero-order valence-corrected chi connectivity index (χ0v) is 13.4. The van der Waals surface area contributed by atoms with Crippen molar-refractivity contribution in [1.29, 1.82) is 0 Å². The fraction of sp³-hybridized carbons (Fsp3) is 0.118. The van der Waals surface area contributed by atoms with E-state index in [1.54, 1.807) is 31.4 Å². The molecular weight excluding hydrogens is 332 g/mol. The highest BCUT2D eigenvalue weighted by molar-refractivity contribution is 9.10. The molecule has 0 aliphatic heterocycles. The third kappa shape index (κ3) is 3.95. The molecule has 0 bridgehead atoms. The maximum Gasteiger partial charge on any atom is 0.189 e. The number of halogens is 1. The average Bonchev–Trinajstić information content (AvgIpc) is 2.53. The molecule has 0 aromatic heterocycles. The molecule has 0 spiro atoms. The van der Waals surface area contributed by atoms with E-state index in [0.29, 0.717) is 17.1 Å². The number of allylic oxidation sites excluding steroid dienone is 1. The summed E-state index contributed by atoms with van der Waals surface area (Å²) in [4.78, 5) is 12.3. The van der Waals surface area contributed by atoms with Crippen LogP contribution < -0.4 is 9.47 Å². The van der Waals surface area contributed by atoms with Crippen molar-refractivity contribution in [2.45, 2.75) is 0 Å². The number of carbonyl (C=O) groups is 1. The van der Waals surface area contributed by atoms with Crippen LogP contribution in [0.1, 0.15) is 15.9 Å². The van der Waals surface area contributed by atoms with Gasteiger partial charge in [0.2, 0.25) is 0 Å². The molecule has 0 aliphatic rings. The van der Waals surface area contributed by atoms with Gasteiger partial charge in [0, 0.05) is 4.47 Å². The SMILES string of the molecule is COc1ccc(OC)c(C(=O)C=Cc2ccc(Br)cc2)c1. The van der Waals surface area contributed by atoms with E-state index in [2.05, 4.69) is 15.9 Å². The molecule has 2 rings (SSSR count). The molecule has 0 saturated heterocycles. The van der Waals surface area contributed by atoms with Crippen LogP contribution in [0.5, 0.6) is 11.5 Å². The minimum absolute atomic E-state index is 0.131. The van der Waals surface area contributed by atoms with Crippen molar-refractivity contribution < 1.29 is 14.3 Å². The van der Waals surface area contributed by atoms with E-state index in [0.717, 1.165) is 10.0 Å². The number of methoxy groups -OCH3 is 2. The summed E-state index contributed by atoms with van der Waals surface area (Å²) < 4.78 is 11.4. The van der Waals surface area contributed by atoms with E-state index in [1.807, 2.05) is 24.3 Å². The van der Waals surface area contributed by atoms with Crippen LogP contribution in [0.2, 0.25) is 0 Å². The summed E-state index contributed by atoms with van der Waals surface area (Å²) in [6.45, 7) is 0. The maximum absolute atomic E-state index is 12.3. The normalized spacial score (nSPS) is 10.6. The van der Waals surface area contributed by atoms with Gasteiger partial charge in [0.1, 0.15) is 11.5 Å². The van der Waals surface area contributed by atoms with E-state index in [-0.39, 0.29) is 5.78 Å². The van der Waals surface area contributed by atoms with Gasteiger partial charge in [-0.25, -0.2) is 0 Å². The lowest BCUT2D eigenvalue weighted by molar-refractivity contribution is 0.104. The molecule has 21 heavy (non-hydrogen) atoms. The summed E-state index contributed by atoms with van der Waals surface area (Å²) in [5, 5.41) is 0. The molecule has 2 aromatic rings. The summed E-state index contributed by atoms with van der Waals surface area (Å²) in [5.74, 6) is 1.02. The summed E-state index contributed by atoms with van der Waals surface area (Å²) in [6.07, 6.45) is 3.30. The first kappa shape index (κ1) is 15.3. The van der Waals surface area contributed by atoms with Crippen LogP contribution >= 0.6 is 15.9 Å². The van der Waals surface area contributed by atoms with Crippen LogP contribution in [0.25, 0.3) is 6.08 Å². The Bertz CT molecular complexity index is 660. The molecule has 4 heteroatoms. The van der Waals surface area contributed by atoms with Gasteiger partial charge in [-0.1, -0.05) is 34.1 Å². The summed E-state index contributed by atoms with van der Waals surface area (Å²) in [6, 6.07) is 12.9. The Morgan fingerprint density at radius 3 is 2.38 bits per heavy atom. The number of hydrogen-bond donors (Lipinski definition) is 0. The fourth-order valence-corrected chi connectivity index (χ4v) is 2.11. The predicted molar refractivity (Wildman–Crippen MR) is 87.1 cm³/mol. The molecule has 0 N–H and O–H groups in total. The molecular formula is C17H15BrO3. The van der Waals surface area contributed by atoms with Crippen LogP contribution in [0, 0.1) is 0 Å². The Labute approximate surface area is 132 Å². The number of hydrogen-bond acceptors (Lipinski definition) is 3. The molecule has 0 fully saturated rings. The molecule has 0 saturated carbocycles. The lowest BCUT2D eigenvalue weighted by Crippen LogP contribution is -1.99. The van der Waals surface area contributed by atoms with E-state index in [9.17, 15) is 4.79 Å². The lowest BCUT2D eigenvalue weighted by atomic mass is 10.1. The first-order chi connectivity index (χ1) is 10.1. The van der Waals surface area contributed by atoms with Crippen molar-refractivity contribution in [3.05, 3.63) is 64.1 Å². The Hall–Kier alpha value is -2.07. The Kier molecular flexibility index (Phi) is 5.17. The third-order valence-corrected chi connectivity index (χ3v) is 3.50. The topological polar surface area (TPSA) is 35.5 Å². The van der Waals surface area contributed by atoms with Crippen molar-refractivity contribution in [2.75, 3.05) is 14.2 Å². The van der Waals surface area contributed by atoms with Gasteiger partial charge in [0.15, 0.2) is 5.78 Å². The molecule has 3 nitrogen and oxygen atoms in total. The number of ether oxygens (including phenoxy) is 2. The van der Waals surface area contributed by atoms with Crippen LogP contribution in [0.15, 0.2) is 53.0 Å². The Morgan fingerprint density at radius 1 is 1.05 bits per heavy atom. The average molecular weight is 347 g/mol. The molecule has 108 valence electrons. The van der Waals surface area contributed by atoms with Gasteiger partial charge in [0.05, 0.1) is 19.8 Å². The third-order valence-electron chi connectivity index (χ3n) is 2.97. The van der Waals surface area contributed by atoms with Gasteiger partial charge in [-0.3, -0.25) is 4.79 Å². The number of ketones is 1. The fourth-order valence-electron chi connectivity index (χ4n) is 1.84. The van der Waals surface area contributed by atoms with Gasteiger partial charge >= 0.3 is 0 Å². The van der Waals surface area contributed by atoms with Crippen LogP contribution in [0.4, 0.5) is 0 Å². The second kappa shape index (κ2) is 7.09. The monoisotopic (exact) mass is 346 g/mol. The maximum atomic E-state index is 12.3. The second-order valence-electron chi connectivity index (χ2n) is 4.32. The quantitative estimate of drug-likeness (QED) is 0.595. The standard InChI is InChI=1S/C17H15BrO3/c1-20-14-8-10-17(21-2)15(11-14)16(19)9-5-12-3-6-13(18)7-4-12/h3-11H,1-2H3. The van der Waals surface area contributed by atoms with E-state index in [1.165, 1.54) is 13.2 Å². The molecule has 0 radical (unpaired) electrons. The molecule has 0 atom stereocenters. The van der Waals surface area contributed by atoms with E-state index >= 15 is 0 Å². The minimum atomic E-state index is -0.131. The van der Waals surface area contributed by atoms with Crippen molar-refractivity contribution >= 4 is 27.8 Å². The van der Waals surface area contributed by atoms with Gasteiger partial charge in [-0.2, -0.15) is 0 Å². The molecule has 0 aliphatic carbocycles. The van der Waals surface area contributed by atoms with Crippen molar-refractivity contribution in [2.24, 2.45) is 0 Å². The second-order valence-corrected chi connectivity index (χ2v) is 5.23. The Morgan fingerprint density at radius 2 is 1.76 bits per heavy atom. The van der Waals surface area contributed by atoms with Crippen LogP contribution in [0.3, 0.4) is 0 Å². The number of benzene rings is 2. The first-order valence-electron chi connectivity index (χ1n) is 6.34. The molecule has 0 unspecified atom stereocenters. The highest BCUT2D eigenvalue weighted by Crippen LogP contribution is 2.25. The summed E-state index contributed by atoms with van der Waals surface area (Å²) in [5.41, 5.74) is 1.43. The van der Waals surface area contributed by atoms with Crippen molar-refractivity contribution in [3.8, 4) is 11.5 Å². The zero-order valence-electron chi connectivity index (χ0n) is 11.8. The van der Waals surface area contributed by atoms with Gasteiger partial charge in [-0.15, -0.1) is 0 Å². The van der Waals surface area contributed by atoms with Crippen molar-refractivity contribution in [1.82, 2.24) is 0 Å². The highest BCUT2D eigenvalue weighted by atomic mass is 79.9. The van der Waals surface area contributed by atoms with Crippen LogP contribution in [-0.4, -0.2) is 20.0 Å². The highest BCUT2D eigenvalue weighted by Gasteiger charge is 2.11. The first-order valence-corrected chi connectivity index (χ1v) is 7.13. The molecule has 2 aromatic carbocycles. The van der Waals surface area contributed by atoms with Gasteiger partial charge in [0.25, 0.3) is 0 Å². The molecule has 0 amide bonds. The number of rotatable bonds is 5. The Balaban J connectivity index is 2.25. The summed E-state index contributed by atoms with van der Waals surface area (Å²) >= 11 is 3.38. The number of carbonyl (C=O) groups excluding carboxylic acids is 1. The molecule has 0 heterocycles. The zero-order chi connectivity index (χ0) is 15.2. The van der Waals surface area contributed by atoms with Crippen molar-refractivity contribution in [3.63, 3.8) is 0 Å². The smallest absolute Gasteiger partial charge is 0.189 e. The van der Waals surface area contributed by atoms with E-state index < -0.39 is 0 Å². The summed E-state index contributed by atoms with van der Waals surface area (Å²) in [7, 11) is 3.10. The van der Waals surface area contributed by atoms with Gasteiger partial charge < -0.3 is 9.47 Å². The van der Waals surface area contributed by atoms with Gasteiger partial charge in [-0.05, 0) is 42.0 Å².